The fourth-order valence-corrected chi connectivity index (χ4v) is 5.59. The second-order valence-corrected chi connectivity index (χ2v) is 9.22. The van der Waals surface area contributed by atoms with Crippen molar-refractivity contribution in [2.75, 3.05) is 13.1 Å². The lowest BCUT2D eigenvalue weighted by Gasteiger charge is -2.25. The number of carbonyl (C=O) groups is 1. The monoisotopic (exact) mass is 402 g/mol. The molecule has 152 valence electrons. The van der Waals surface area contributed by atoms with E-state index in [1.165, 1.54) is 24.2 Å². The summed E-state index contributed by atoms with van der Waals surface area (Å²) in [4.78, 5) is 34.7. The molecule has 0 bridgehead atoms. The molecule has 1 N–H and O–H groups in total. The first-order valence-corrected chi connectivity index (χ1v) is 11.4. The predicted molar refractivity (Wildman–Crippen MR) is 113 cm³/mol. The molecule has 1 atom stereocenters. The van der Waals surface area contributed by atoms with Crippen molar-refractivity contribution in [3.05, 3.63) is 26.6 Å². The molecule has 1 aliphatic heterocycles. The molecule has 0 saturated heterocycles. The van der Waals surface area contributed by atoms with E-state index >= 15 is 0 Å². The molecule has 7 heteroatoms. The molecule has 1 aliphatic carbocycles. The molecule has 2 aromatic heterocycles. The van der Waals surface area contributed by atoms with Gasteiger partial charge in [0.2, 0.25) is 0 Å². The van der Waals surface area contributed by atoms with Crippen LogP contribution < -0.4 is 10.9 Å². The van der Waals surface area contributed by atoms with Crippen LogP contribution in [-0.4, -0.2) is 45.5 Å². The Morgan fingerprint density at radius 2 is 2.04 bits per heavy atom. The third-order valence-electron chi connectivity index (χ3n) is 6.47. The summed E-state index contributed by atoms with van der Waals surface area (Å²) in [5, 5.41) is 3.78. The number of nitrogens with one attached hydrogen (secondary N) is 1. The maximum absolute atomic E-state index is 13.3. The van der Waals surface area contributed by atoms with E-state index in [-0.39, 0.29) is 17.5 Å². The molecule has 0 radical (unpaired) electrons. The number of thiophene rings is 1. The SMILES string of the molecule is CC[C@@H](C)N1CCc2nc3sc(C(=O)NC4CCCC4)c(C)c3c(=O)n2CC1. The molecule has 2 aromatic rings. The molecule has 0 spiro atoms. The number of aromatic nitrogens is 2. The summed E-state index contributed by atoms with van der Waals surface area (Å²) in [6.45, 7) is 8.79. The van der Waals surface area contributed by atoms with Crippen LogP contribution >= 0.6 is 11.3 Å². The van der Waals surface area contributed by atoms with Gasteiger partial charge in [0.05, 0.1) is 10.3 Å². The molecule has 0 aromatic carbocycles. The van der Waals surface area contributed by atoms with Gasteiger partial charge >= 0.3 is 0 Å². The lowest BCUT2D eigenvalue weighted by atomic mass is 10.2. The molecule has 0 unspecified atom stereocenters. The van der Waals surface area contributed by atoms with E-state index < -0.39 is 0 Å². The Morgan fingerprint density at radius 1 is 1.29 bits per heavy atom. The van der Waals surface area contributed by atoms with Crippen LogP contribution in [0, 0.1) is 6.92 Å². The van der Waals surface area contributed by atoms with Gasteiger partial charge in [0, 0.05) is 38.1 Å². The number of fused-ring (bicyclic) bond motifs is 2. The third-order valence-corrected chi connectivity index (χ3v) is 7.66. The van der Waals surface area contributed by atoms with Gasteiger partial charge in [-0.2, -0.15) is 0 Å². The van der Waals surface area contributed by atoms with Gasteiger partial charge in [0.25, 0.3) is 11.5 Å². The summed E-state index contributed by atoms with van der Waals surface area (Å²) in [5.74, 6) is 0.808. The molecular formula is C21H30N4O2S. The van der Waals surface area contributed by atoms with Crippen LogP contribution in [-0.2, 0) is 13.0 Å². The Balaban J connectivity index is 1.66. The van der Waals surface area contributed by atoms with Gasteiger partial charge in [0.15, 0.2) is 0 Å². The van der Waals surface area contributed by atoms with Gasteiger partial charge < -0.3 is 5.32 Å². The van der Waals surface area contributed by atoms with Crippen LogP contribution in [0.15, 0.2) is 4.79 Å². The van der Waals surface area contributed by atoms with Crippen molar-refractivity contribution in [1.82, 2.24) is 19.8 Å². The second-order valence-electron chi connectivity index (χ2n) is 8.22. The molecule has 1 amide bonds. The first kappa shape index (κ1) is 19.6. The fraction of sp³-hybridized carbons (Fsp3) is 0.667. The Labute approximate surface area is 169 Å². The van der Waals surface area contributed by atoms with Gasteiger partial charge in [-0.05, 0) is 38.7 Å². The first-order valence-electron chi connectivity index (χ1n) is 10.6. The number of amides is 1. The largest absolute Gasteiger partial charge is 0.349 e. The van der Waals surface area contributed by atoms with Crippen molar-refractivity contribution in [2.45, 2.75) is 77.9 Å². The highest BCUT2D eigenvalue weighted by Gasteiger charge is 2.26. The maximum Gasteiger partial charge on any atom is 0.262 e. The minimum atomic E-state index is -0.0464. The standard InChI is InChI=1S/C21H30N4O2S/c1-4-13(2)24-10-9-16-23-20-17(21(27)25(16)12-11-24)14(3)18(28-20)19(26)22-15-7-5-6-8-15/h13,15H,4-12H2,1-3H3,(H,22,26)/t13-/m1/s1. The van der Waals surface area contributed by atoms with Crippen LogP contribution in [0.3, 0.4) is 0 Å². The minimum absolute atomic E-state index is 0.0136. The predicted octanol–water partition coefficient (Wildman–Crippen LogP) is 3.10. The summed E-state index contributed by atoms with van der Waals surface area (Å²) < 4.78 is 1.84. The lowest BCUT2D eigenvalue weighted by molar-refractivity contribution is 0.0941. The number of aryl methyl sites for hydroxylation is 1. The lowest BCUT2D eigenvalue weighted by Crippen LogP contribution is -2.35. The van der Waals surface area contributed by atoms with Crippen LogP contribution in [0.2, 0.25) is 0 Å². The Bertz CT molecular complexity index is 942. The van der Waals surface area contributed by atoms with Gasteiger partial charge in [-0.3, -0.25) is 19.1 Å². The van der Waals surface area contributed by atoms with E-state index in [9.17, 15) is 9.59 Å². The summed E-state index contributed by atoms with van der Waals surface area (Å²) in [7, 11) is 0. The van der Waals surface area contributed by atoms with E-state index in [0.29, 0.717) is 27.7 Å². The fourth-order valence-electron chi connectivity index (χ4n) is 4.50. The number of hydrogen-bond acceptors (Lipinski definition) is 5. The summed E-state index contributed by atoms with van der Waals surface area (Å²) in [6, 6.07) is 0.785. The van der Waals surface area contributed by atoms with Crippen LogP contribution in [0.1, 0.15) is 67.0 Å². The number of hydrogen-bond donors (Lipinski definition) is 1. The van der Waals surface area contributed by atoms with Crippen LogP contribution in [0.5, 0.6) is 0 Å². The van der Waals surface area contributed by atoms with Gasteiger partial charge in [-0.1, -0.05) is 19.8 Å². The molecule has 28 heavy (non-hydrogen) atoms. The van der Waals surface area contributed by atoms with Gasteiger partial charge in [0.1, 0.15) is 10.7 Å². The zero-order valence-corrected chi connectivity index (χ0v) is 17.9. The Morgan fingerprint density at radius 3 is 2.75 bits per heavy atom. The normalized spacial score (nSPS) is 19.5. The molecule has 1 fully saturated rings. The second kappa shape index (κ2) is 7.95. The van der Waals surface area contributed by atoms with Crippen molar-refractivity contribution >= 4 is 27.5 Å². The molecule has 4 rings (SSSR count). The zero-order valence-electron chi connectivity index (χ0n) is 17.1. The molecular weight excluding hydrogens is 372 g/mol. The quantitative estimate of drug-likeness (QED) is 0.853. The van der Waals surface area contributed by atoms with Crippen molar-refractivity contribution in [3.63, 3.8) is 0 Å². The maximum atomic E-state index is 13.3. The molecule has 3 heterocycles. The van der Waals surface area contributed by atoms with Gasteiger partial charge in [-0.15, -0.1) is 11.3 Å². The number of nitrogens with zero attached hydrogens (tertiary/aromatic N) is 3. The van der Waals surface area contributed by atoms with E-state index in [1.54, 1.807) is 0 Å². The minimum Gasteiger partial charge on any atom is -0.349 e. The average Bonchev–Trinajstić information content (AvgIpc) is 3.24. The molecule has 1 saturated carbocycles. The van der Waals surface area contributed by atoms with E-state index in [0.717, 1.165) is 50.2 Å². The van der Waals surface area contributed by atoms with E-state index in [1.807, 2.05) is 11.5 Å². The highest BCUT2D eigenvalue weighted by atomic mass is 32.1. The summed E-state index contributed by atoms with van der Waals surface area (Å²) >= 11 is 1.37. The summed E-state index contributed by atoms with van der Waals surface area (Å²) in [6.07, 6.45) is 6.34. The highest BCUT2D eigenvalue weighted by Crippen LogP contribution is 2.29. The Hall–Kier alpha value is -1.73. The number of carbonyl (C=O) groups excluding carboxylic acids is 1. The molecule has 6 nitrogen and oxygen atoms in total. The van der Waals surface area contributed by atoms with Crippen LogP contribution in [0.25, 0.3) is 10.2 Å². The zero-order chi connectivity index (χ0) is 19.8. The van der Waals surface area contributed by atoms with Crippen LogP contribution in [0.4, 0.5) is 0 Å². The van der Waals surface area contributed by atoms with Crippen molar-refractivity contribution in [2.24, 2.45) is 0 Å². The van der Waals surface area contributed by atoms with E-state index in [2.05, 4.69) is 24.1 Å². The highest BCUT2D eigenvalue weighted by molar-refractivity contribution is 7.20. The topological polar surface area (TPSA) is 67.2 Å². The summed E-state index contributed by atoms with van der Waals surface area (Å²) in [5.41, 5.74) is 0.797. The Kier molecular flexibility index (Phi) is 5.56. The number of rotatable bonds is 4. The van der Waals surface area contributed by atoms with Gasteiger partial charge in [-0.25, -0.2) is 4.98 Å². The van der Waals surface area contributed by atoms with Crippen molar-refractivity contribution < 1.29 is 4.79 Å². The smallest absolute Gasteiger partial charge is 0.262 e. The first-order chi connectivity index (χ1) is 13.5. The average molecular weight is 403 g/mol. The van der Waals surface area contributed by atoms with Crippen molar-refractivity contribution in [3.8, 4) is 0 Å². The van der Waals surface area contributed by atoms with Crippen molar-refractivity contribution in [1.29, 1.82) is 0 Å². The third kappa shape index (κ3) is 3.50. The molecule has 2 aliphatic rings. The van der Waals surface area contributed by atoms with E-state index in [4.69, 9.17) is 4.98 Å².